The number of amides is 3. The second kappa shape index (κ2) is 9.38. The number of hydrogen-bond acceptors (Lipinski definition) is 4. The molecule has 0 saturated heterocycles. The molecule has 1 aliphatic heterocycles. The monoisotopic (exact) mass is 477 g/mol. The zero-order valence-corrected chi connectivity index (χ0v) is 20.4. The van der Waals surface area contributed by atoms with Crippen molar-refractivity contribution in [2.75, 3.05) is 5.32 Å². The number of para-hydroxylation sites is 1. The maximum Gasteiger partial charge on any atom is 0.262 e. The van der Waals surface area contributed by atoms with Crippen LogP contribution >= 0.6 is 0 Å². The van der Waals surface area contributed by atoms with Crippen molar-refractivity contribution in [1.29, 1.82) is 0 Å². The zero-order valence-electron chi connectivity index (χ0n) is 20.4. The van der Waals surface area contributed by atoms with Crippen molar-refractivity contribution in [3.63, 3.8) is 0 Å². The summed E-state index contributed by atoms with van der Waals surface area (Å²) in [7, 11) is 0. The van der Waals surface area contributed by atoms with E-state index in [1.54, 1.807) is 36.5 Å². The van der Waals surface area contributed by atoms with E-state index < -0.39 is 29.7 Å². The lowest BCUT2D eigenvalue weighted by Gasteiger charge is -2.35. The van der Waals surface area contributed by atoms with Crippen LogP contribution in [0.4, 0.5) is 5.69 Å². The number of aryl methyl sites for hydroxylation is 1. The van der Waals surface area contributed by atoms with Gasteiger partial charge in [-0.25, -0.2) is 0 Å². The standard InChI is InChI=1S/C30H27N3O3/c1-18(2)25(20-15-13-19(3)14-16-20)27(33-29(35)22-10-4-5-11-23(22)30(33)36)28(34)32-24-12-6-8-21-9-7-17-31-26(21)24/h4-18,25,27H,1-3H3,(H,32,34)/t25-,27+/m1/s1. The molecule has 6 nitrogen and oxygen atoms in total. The van der Waals surface area contributed by atoms with E-state index in [1.165, 1.54) is 0 Å². The number of pyridine rings is 1. The van der Waals surface area contributed by atoms with Crippen molar-refractivity contribution in [2.24, 2.45) is 5.92 Å². The number of carbonyl (C=O) groups is 3. The second-order valence-corrected chi connectivity index (χ2v) is 9.52. The van der Waals surface area contributed by atoms with Gasteiger partial charge in [-0.15, -0.1) is 0 Å². The highest BCUT2D eigenvalue weighted by Gasteiger charge is 2.47. The number of nitrogens with one attached hydrogen (secondary N) is 1. The minimum Gasteiger partial charge on any atom is -0.322 e. The van der Waals surface area contributed by atoms with Crippen molar-refractivity contribution in [2.45, 2.75) is 32.7 Å². The topological polar surface area (TPSA) is 79.4 Å². The number of imide groups is 1. The molecule has 6 heteroatoms. The Bertz CT molecular complexity index is 1440. The van der Waals surface area contributed by atoms with Crippen LogP contribution in [0.1, 0.15) is 51.6 Å². The van der Waals surface area contributed by atoms with Gasteiger partial charge in [-0.2, -0.15) is 0 Å². The number of nitrogens with zero attached hydrogens (tertiary/aromatic N) is 2. The Hall–Kier alpha value is -4.32. The van der Waals surface area contributed by atoms with E-state index in [0.717, 1.165) is 21.4 Å². The van der Waals surface area contributed by atoms with Crippen LogP contribution in [0.25, 0.3) is 10.9 Å². The van der Waals surface area contributed by atoms with E-state index in [2.05, 4.69) is 10.3 Å². The quantitative estimate of drug-likeness (QED) is 0.367. The molecule has 36 heavy (non-hydrogen) atoms. The van der Waals surface area contributed by atoms with Gasteiger partial charge in [0.2, 0.25) is 5.91 Å². The molecule has 0 bridgehead atoms. The molecule has 1 N–H and O–H groups in total. The molecule has 5 rings (SSSR count). The van der Waals surface area contributed by atoms with Crippen LogP contribution in [0.5, 0.6) is 0 Å². The lowest BCUT2D eigenvalue weighted by molar-refractivity contribution is -0.121. The molecule has 2 heterocycles. The van der Waals surface area contributed by atoms with E-state index >= 15 is 0 Å². The molecule has 180 valence electrons. The first-order valence-corrected chi connectivity index (χ1v) is 12.0. The third-order valence-electron chi connectivity index (χ3n) is 6.78. The predicted molar refractivity (Wildman–Crippen MR) is 140 cm³/mol. The molecule has 0 radical (unpaired) electrons. The molecular weight excluding hydrogens is 450 g/mol. The third-order valence-corrected chi connectivity index (χ3v) is 6.78. The van der Waals surface area contributed by atoms with Gasteiger partial charge in [0.25, 0.3) is 11.8 Å². The first kappa shape index (κ1) is 23.4. The van der Waals surface area contributed by atoms with Crippen LogP contribution in [0, 0.1) is 12.8 Å². The van der Waals surface area contributed by atoms with Gasteiger partial charge >= 0.3 is 0 Å². The summed E-state index contributed by atoms with van der Waals surface area (Å²) in [5.74, 6) is -1.80. The summed E-state index contributed by atoms with van der Waals surface area (Å²) in [5, 5.41) is 3.88. The van der Waals surface area contributed by atoms with Gasteiger partial charge in [0.1, 0.15) is 6.04 Å². The molecule has 4 aromatic rings. The normalized spacial score (nSPS) is 14.7. The van der Waals surface area contributed by atoms with Gasteiger partial charge in [0.05, 0.1) is 22.3 Å². The van der Waals surface area contributed by atoms with Crippen LogP contribution in [-0.2, 0) is 4.79 Å². The molecule has 0 spiro atoms. The van der Waals surface area contributed by atoms with Gasteiger partial charge in [0.15, 0.2) is 0 Å². The van der Waals surface area contributed by atoms with Crippen molar-refractivity contribution >= 4 is 34.3 Å². The Balaban J connectivity index is 1.62. The highest BCUT2D eigenvalue weighted by molar-refractivity contribution is 6.23. The van der Waals surface area contributed by atoms with Gasteiger partial charge in [0, 0.05) is 17.5 Å². The average Bonchev–Trinajstić information content (AvgIpc) is 3.13. The van der Waals surface area contributed by atoms with Crippen LogP contribution in [0.15, 0.2) is 85.1 Å². The zero-order chi connectivity index (χ0) is 25.4. The fourth-order valence-electron chi connectivity index (χ4n) is 5.03. The predicted octanol–water partition coefficient (Wildman–Crippen LogP) is 5.59. The molecule has 3 amide bonds. The van der Waals surface area contributed by atoms with Crippen LogP contribution in [0.3, 0.4) is 0 Å². The maximum absolute atomic E-state index is 14.1. The number of fused-ring (bicyclic) bond motifs is 2. The van der Waals surface area contributed by atoms with E-state index in [9.17, 15) is 14.4 Å². The molecule has 0 fully saturated rings. The van der Waals surface area contributed by atoms with Crippen molar-refractivity contribution in [3.05, 3.63) is 107 Å². The summed E-state index contributed by atoms with van der Waals surface area (Å²) < 4.78 is 0. The molecule has 1 aliphatic rings. The molecule has 3 aromatic carbocycles. The summed E-state index contributed by atoms with van der Waals surface area (Å²) >= 11 is 0. The van der Waals surface area contributed by atoms with Crippen LogP contribution in [-0.4, -0.2) is 33.6 Å². The molecule has 1 aromatic heterocycles. The third kappa shape index (κ3) is 4.05. The van der Waals surface area contributed by atoms with Gasteiger partial charge in [-0.1, -0.05) is 74.0 Å². The number of aromatic nitrogens is 1. The molecule has 2 atom stereocenters. The summed E-state index contributed by atoms with van der Waals surface area (Å²) in [5.41, 5.74) is 3.79. The lowest BCUT2D eigenvalue weighted by atomic mass is 9.80. The minimum atomic E-state index is -1.06. The van der Waals surface area contributed by atoms with Gasteiger partial charge < -0.3 is 5.32 Å². The van der Waals surface area contributed by atoms with Crippen LogP contribution in [0.2, 0.25) is 0 Å². The summed E-state index contributed by atoms with van der Waals surface area (Å²) in [6.45, 7) is 6.00. The highest BCUT2D eigenvalue weighted by Crippen LogP contribution is 2.36. The molecular formula is C30H27N3O3. The number of rotatable bonds is 6. The SMILES string of the molecule is Cc1ccc([C@@H](C(C)C)[C@@H](C(=O)Nc2cccc3cccnc23)N2C(=O)c3ccccc3C2=O)cc1. The fraction of sp³-hybridized carbons (Fsp3) is 0.200. The Morgan fingerprint density at radius 1 is 0.833 bits per heavy atom. The Kier molecular flexibility index (Phi) is 6.10. The largest absolute Gasteiger partial charge is 0.322 e. The maximum atomic E-state index is 14.1. The highest BCUT2D eigenvalue weighted by atomic mass is 16.2. The number of carbonyl (C=O) groups excluding carboxylic acids is 3. The van der Waals surface area contributed by atoms with E-state index in [0.29, 0.717) is 22.3 Å². The van der Waals surface area contributed by atoms with Crippen molar-refractivity contribution in [1.82, 2.24) is 9.88 Å². The number of benzene rings is 3. The number of anilines is 1. The summed E-state index contributed by atoms with van der Waals surface area (Å²) in [6, 6.07) is 22.9. The van der Waals surface area contributed by atoms with E-state index in [-0.39, 0.29) is 5.92 Å². The Morgan fingerprint density at radius 2 is 1.47 bits per heavy atom. The van der Waals surface area contributed by atoms with Crippen molar-refractivity contribution < 1.29 is 14.4 Å². The van der Waals surface area contributed by atoms with Gasteiger partial charge in [-0.05, 0) is 42.7 Å². The van der Waals surface area contributed by atoms with Crippen molar-refractivity contribution in [3.8, 4) is 0 Å². The molecule has 0 unspecified atom stereocenters. The fourth-order valence-corrected chi connectivity index (χ4v) is 5.03. The second-order valence-electron chi connectivity index (χ2n) is 9.52. The Labute approximate surface area is 210 Å². The summed E-state index contributed by atoms with van der Waals surface area (Å²) in [4.78, 5) is 46.8. The van der Waals surface area contributed by atoms with Crippen LogP contribution < -0.4 is 5.32 Å². The average molecular weight is 478 g/mol. The molecule has 0 saturated carbocycles. The first-order valence-electron chi connectivity index (χ1n) is 12.0. The van der Waals surface area contributed by atoms with Gasteiger partial charge in [-0.3, -0.25) is 24.3 Å². The van der Waals surface area contributed by atoms with E-state index in [1.807, 2.05) is 69.3 Å². The number of hydrogen-bond donors (Lipinski definition) is 1. The lowest BCUT2D eigenvalue weighted by Crippen LogP contribution is -2.51. The summed E-state index contributed by atoms with van der Waals surface area (Å²) in [6.07, 6.45) is 1.67. The smallest absolute Gasteiger partial charge is 0.262 e. The molecule has 0 aliphatic carbocycles. The van der Waals surface area contributed by atoms with E-state index in [4.69, 9.17) is 0 Å². The first-order chi connectivity index (χ1) is 17.4. The Morgan fingerprint density at radius 3 is 2.11 bits per heavy atom. The minimum absolute atomic E-state index is 0.0431.